The van der Waals surface area contributed by atoms with Crippen LogP contribution in [0.4, 0.5) is 0 Å². The lowest BCUT2D eigenvalue weighted by Crippen LogP contribution is -2.19. The maximum Gasteiger partial charge on any atom is 0.339 e. The SMILES string of the molecule is CCCCCCCC/C=C1/Cc2ccccc2OC1=O. The van der Waals surface area contributed by atoms with Crippen molar-refractivity contribution >= 4 is 5.97 Å². The van der Waals surface area contributed by atoms with Crippen molar-refractivity contribution in [2.75, 3.05) is 0 Å². The highest BCUT2D eigenvalue weighted by Crippen LogP contribution is 2.27. The number of rotatable bonds is 7. The summed E-state index contributed by atoms with van der Waals surface area (Å²) in [5.74, 6) is 0.545. The Morgan fingerprint density at radius 2 is 1.85 bits per heavy atom. The largest absolute Gasteiger partial charge is 0.423 e. The molecule has 20 heavy (non-hydrogen) atoms. The highest BCUT2D eigenvalue weighted by atomic mass is 16.5. The van der Waals surface area contributed by atoms with Gasteiger partial charge in [-0.3, -0.25) is 0 Å². The molecule has 2 rings (SSSR count). The number of carbonyl (C=O) groups excluding carboxylic acids is 1. The molecule has 0 saturated heterocycles. The molecule has 0 amide bonds. The van der Waals surface area contributed by atoms with Gasteiger partial charge < -0.3 is 4.74 Å². The number of ether oxygens (including phenoxy) is 1. The van der Waals surface area contributed by atoms with Gasteiger partial charge in [0.25, 0.3) is 0 Å². The second-order valence-corrected chi connectivity index (χ2v) is 5.46. The third kappa shape index (κ3) is 4.22. The van der Waals surface area contributed by atoms with E-state index >= 15 is 0 Å². The molecule has 1 heterocycles. The van der Waals surface area contributed by atoms with E-state index in [1.807, 2.05) is 24.3 Å². The molecule has 1 aliphatic heterocycles. The first-order valence-corrected chi connectivity index (χ1v) is 7.80. The van der Waals surface area contributed by atoms with Crippen molar-refractivity contribution in [2.45, 2.75) is 58.3 Å². The standard InChI is InChI=1S/C18H24O2/c1-2-3-4-5-6-7-8-12-16-14-15-11-9-10-13-17(15)20-18(16)19/h9-13H,2-8,14H2,1H3/b16-12-. The van der Waals surface area contributed by atoms with Crippen LogP contribution < -0.4 is 4.74 Å². The lowest BCUT2D eigenvalue weighted by molar-refractivity contribution is -0.130. The van der Waals surface area contributed by atoms with E-state index in [9.17, 15) is 4.79 Å². The van der Waals surface area contributed by atoms with E-state index < -0.39 is 0 Å². The molecule has 2 nitrogen and oxygen atoms in total. The van der Waals surface area contributed by atoms with Gasteiger partial charge in [-0.1, -0.05) is 63.3 Å². The topological polar surface area (TPSA) is 26.3 Å². The van der Waals surface area contributed by atoms with Crippen molar-refractivity contribution < 1.29 is 9.53 Å². The first-order valence-electron chi connectivity index (χ1n) is 7.80. The minimum Gasteiger partial charge on any atom is -0.423 e. The fraction of sp³-hybridized carbons (Fsp3) is 0.500. The molecule has 108 valence electrons. The van der Waals surface area contributed by atoms with Crippen LogP contribution in [0.2, 0.25) is 0 Å². The van der Waals surface area contributed by atoms with Gasteiger partial charge in [0.1, 0.15) is 5.75 Å². The number of hydrogen-bond donors (Lipinski definition) is 0. The summed E-state index contributed by atoms with van der Waals surface area (Å²) in [5.41, 5.74) is 1.93. The van der Waals surface area contributed by atoms with Gasteiger partial charge in [-0.25, -0.2) is 4.79 Å². The summed E-state index contributed by atoms with van der Waals surface area (Å²) < 4.78 is 5.35. The van der Waals surface area contributed by atoms with E-state index in [0.717, 1.165) is 17.6 Å². The van der Waals surface area contributed by atoms with Gasteiger partial charge in [-0.05, 0) is 24.5 Å². The summed E-state index contributed by atoms with van der Waals surface area (Å²) in [6.07, 6.45) is 11.5. The van der Waals surface area contributed by atoms with Crippen molar-refractivity contribution in [1.82, 2.24) is 0 Å². The maximum absolute atomic E-state index is 11.9. The lowest BCUT2D eigenvalue weighted by Gasteiger charge is -2.17. The Labute approximate surface area is 121 Å². The van der Waals surface area contributed by atoms with E-state index in [1.165, 1.54) is 38.5 Å². The lowest BCUT2D eigenvalue weighted by atomic mass is 10.00. The molecule has 0 radical (unpaired) electrons. The Morgan fingerprint density at radius 3 is 2.70 bits per heavy atom. The second-order valence-electron chi connectivity index (χ2n) is 5.46. The first-order chi connectivity index (χ1) is 9.81. The summed E-state index contributed by atoms with van der Waals surface area (Å²) in [7, 11) is 0. The fourth-order valence-corrected chi connectivity index (χ4v) is 2.55. The Morgan fingerprint density at radius 1 is 1.10 bits per heavy atom. The molecule has 0 N–H and O–H groups in total. The van der Waals surface area contributed by atoms with E-state index in [4.69, 9.17) is 4.74 Å². The molecule has 0 bridgehead atoms. The maximum atomic E-state index is 11.9. The molecule has 0 aliphatic carbocycles. The summed E-state index contributed by atoms with van der Waals surface area (Å²) in [4.78, 5) is 11.9. The molecular weight excluding hydrogens is 248 g/mol. The second kappa shape index (κ2) is 7.88. The van der Waals surface area contributed by atoms with E-state index in [0.29, 0.717) is 12.2 Å². The molecule has 1 aromatic rings. The summed E-state index contributed by atoms with van der Waals surface area (Å²) >= 11 is 0. The average Bonchev–Trinajstić information content (AvgIpc) is 2.46. The number of fused-ring (bicyclic) bond motifs is 1. The zero-order chi connectivity index (χ0) is 14.2. The predicted octanol–water partition coefficient (Wildman–Crippen LogP) is 4.83. The average molecular weight is 272 g/mol. The molecule has 0 unspecified atom stereocenters. The molecular formula is C18H24O2. The molecule has 0 saturated carbocycles. The van der Waals surface area contributed by atoms with Crippen molar-refractivity contribution in [1.29, 1.82) is 0 Å². The molecule has 0 atom stereocenters. The number of esters is 1. The normalized spacial score (nSPS) is 16.1. The number of carbonyl (C=O) groups is 1. The van der Waals surface area contributed by atoms with Crippen molar-refractivity contribution in [3.8, 4) is 5.75 Å². The number of hydrogen-bond acceptors (Lipinski definition) is 2. The molecule has 1 aromatic carbocycles. The van der Waals surface area contributed by atoms with Gasteiger partial charge in [0.15, 0.2) is 0 Å². The number of para-hydroxylation sites is 1. The highest BCUT2D eigenvalue weighted by Gasteiger charge is 2.21. The Hall–Kier alpha value is -1.57. The van der Waals surface area contributed by atoms with Gasteiger partial charge in [0, 0.05) is 12.0 Å². The molecule has 0 fully saturated rings. The Balaban J connectivity index is 1.78. The van der Waals surface area contributed by atoms with Crippen molar-refractivity contribution in [3.63, 3.8) is 0 Å². The van der Waals surface area contributed by atoms with Crippen LogP contribution in [0.5, 0.6) is 5.75 Å². The summed E-state index contributed by atoms with van der Waals surface area (Å²) in [6.45, 7) is 2.23. The van der Waals surface area contributed by atoms with Crippen LogP contribution >= 0.6 is 0 Å². The van der Waals surface area contributed by atoms with Gasteiger partial charge >= 0.3 is 5.97 Å². The summed E-state index contributed by atoms with van der Waals surface area (Å²) in [5, 5.41) is 0. The van der Waals surface area contributed by atoms with Crippen LogP contribution in [-0.4, -0.2) is 5.97 Å². The number of unbranched alkanes of at least 4 members (excludes halogenated alkanes) is 6. The van der Waals surface area contributed by atoms with Crippen LogP contribution in [0.15, 0.2) is 35.9 Å². The van der Waals surface area contributed by atoms with Crippen LogP contribution in [0.1, 0.15) is 57.4 Å². The Bertz CT molecular complexity index is 474. The van der Waals surface area contributed by atoms with Crippen LogP contribution in [0.25, 0.3) is 0 Å². The minimum atomic E-state index is -0.172. The predicted molar refractivity (Wildman–Crippen MR) is 81.9 cm³/mol. The van der Waals surface area contributed by atoms with Crippen molar-refractivity contribution in [2.24, 2.45) is 0 Å². The number of allylic oxidation sites excluding steroid dienone is 1. The van der Waals surface area contributed by atoms with E-state index in [2.05, 4.69) is 13.0 Å². The van der Waals surface area contributed by atoms with Crippen LogP contribution in [-0.2, 0) is 11.2 Å². The van der Waals surface area contributed by atoms with E-state index in [-0.39, 0.29) is 5.97 Å². The molecule has 1 aliphatic rings. The molecule has 0 spiro atoms. The monoisotopic (exact) mass is 272 g/mol. The van der Waals surface area contributed by atoms with Gasteiger partial charge in [0.05, 0.1) is 0 Å². The van der Waals surface area contributed by atoms with Gasteiger partial charge in [-0.15, -0.1) is 0 Å². The Kier molecular flexibility index (Phi) is 5.85. The van der Waals surface area contributed by atoms with Gasteiger partial charge in [-0.2, -0.15) is 0 Å². The van der Waals surface area contributed by atoms with E-state index in [1.54, 1.807) is 0 Å². The molecule has 0 aromatic heterocycles. The van der Waals surface area contributed by atoms with Crippen LogP contribution in [0, 0.1) is 0 Å². The third-order valence-electron chi connectivity index (χ3n) is 3.77. The van der Waals surface area contributed by atoms with Crippen LogP contribution in [0.3, 0.4) is 0 Å². The highest BCUT2D eigenvalue weighted by molar-refractivity contribution is 5.92. The summed E-state index contributed by atoms with van der Waals surface area (Å²) in [6, 6.07) is 7.78. The molecule has 2 heteroatoms. The number of benzene rings is 1. The zero-order valence-corrected chi connectivity index (χ0v) is 12.4. The third-order valence-corrected chi connectivity index (χ3v) is 3.77. The quantitative estimate of drug-likeness (QED) is 0.308. The smallest absolute Gasteiger partial charge is 0.339 e. The van der Waals surface area contributed by atoms with Crippen molar-refractivity contribution in [3.05, 3.63) is 41.5 Å². The first kappa shape index (κ1) is 14.8. The fourth-order valence-electron chi connectivity index (χ4n) is 2.55. The van der Waals surface area contributed by atoms with Gasteiger partial charge in [0.2, 0.25) is 0 Å². The zero-order valence-electron chi connectivity index (χ0n) is 12.4. The minimum absolute atomic E-state index is 0.172.